The van der Waals surface area contributed by atoms with Crippen molar-refractivity contribution in [2.45, 2.75) is 58.8 Å². The molecule has 10 nitrogen and oxygen atoms in total. The van der Waals surface area contributed by atoms with Crippen molar-refractivity contribution in [2.24, 2.45) is 16.7 Å². The van der Waals surface area contributed by atoms with Crippen LogP contribution in [-0.4, -0.2) is 50.1 Å². The number of benzene rings is 1. The molecule has 1 saturated carbocycles. The number of carbonyl (C=O) groups is 1. The average Bonchev–Trinajstić information content (AvgIpc) is 3.59. The molecule has 0 bridgehead atoms. The number of aliphatic hydroxyl groups is 1. The highest BCUT2D eigenvalue weighted by molar-refractivity contribution is 5.98. The highest BCUT2D eigenvalue weighted by Crippen LogP contribution is 2.24. The summed E-state index contributed by atoms with van der Waals surface area (Å²) < 4.78 is 7.48. The number of nitrogens with zero attached hydrogens (tertiary/aromatic N) is 4. The minimum Gasteiger partial charge on any atom is -0.388 e. The molecule has 0 atom stereocenters. The largest absolute Gasteiger partial charge is 0.388 e. The molecule has 0 spiro atoms. The van der Waals surface area contributed by atoms with Crippen molar-refractivity contribution in [1.29, 1.82) is 0 Å². The first-order valence-electron chi connectivity index (χ1n) is 11.5. The zero-order chi connectivity index (χ0) is 25.6. The Morgan fingerprint density at radius 1 is 1.34 bits per heavy atom. The Kier molecular flexibility index (Phi) is 8.44. The van der Waals surface area contributed by atoms with Crippen molar-refractivity contribution >= 4 is 23.6 Å². The Morgan fingerprint density at radius 3 is 2.74 bits per heavy atom. The van der Waals surface area contributed by atoms with Gasteiger partial charge in [-0.25, -0.2) is 15.9 Å². The van der Waals surface area contributed by atoms with Gasteiger partial charge < -0.3 is 25.3 Å². The summed E-state index contributed by atoms with van der Waals surface area (Å²) in [7, 11) is 0. The lowest BCUT2D eigenvalue weighted by molar-refractivity contribution is -0.105. The molecule has 2 aromatic heterocycles. The number of hydrogen-bond acceptors (Lipinski definition) is 7. The molecule has 188 valence electrons. The smallest absolute Gasteiger partial charge is 0.211 e. The molecule has 1 amide bonds. The number of amides is 1. The predicted octanol–water partition coefficient (Wildman–Crippen LogP) is 2.45. The van der Waals surface area contributed by atoms with Gasteiger partial charge in [0.05, 0.1) is 24.9 Å². The molecular weight excluding hydrogens is 446 g/mol. The molecule has 1 aliphatic carbocycles. The molecule has 35 heavy (non-hydrogen) atoms. The molecule has 3 aromatic rings. The molecule has 0 radical (unpaired) electrons. The maximum absolute atomic E-state index is 10.5. The van der Waals surface area contributed by atoms with Crippen LogP contribution >= 0.6 is 0 Å². The summed E-state index contributed by atoms with van der Waals surface area (Å²) in [6, 6.07) is 9.82. The molecule has 6 N–H and O–H groups in total. The van der Waals surface area contributed by atoms with Crippen LogP contribution in [0.2, 0.25) is 0 Å². The predicted molar refractivity (Wildman–Crippen MR) is 137 cm³/mol. The third-order valence-electron chi connectivity index (χ3n) is 5.38. The minimum atomic E-state index is -0.784. The first-order valence-corrected chi connectivity index (χ1v) is 11.5. The second-order valence-corrected chi connectivity index (χ2v) is 9.36. The van der Waals surface area contributed by atoms with E-state index in [2.05, 4.69) is 15.4 Å². The van der Waals surface area contributed by atoms with Gasteiger partial charge in [-0.15, -0.1) is 5.10 Å². The van der Waals surface area contributed by atoms with Gasteiger partial charge >= 0.3 is 0 Å². The normalized spacial score (nSPS) is 13.8. The van der Waals surface area contributed by atoms with Crippen LogP contribution in [0.25, 0.3) is 5.65 Å². The van der Waals surface area contributed by atoms with Crippen LogP contribution in [0, 0.1) is 13.8 Å². The van der Waals surface area contributed by atoms with E-state index in [0.717, 1.165) is 46.6 Å². The monoisotopic (exact) mass is 481 g/mol. The Labute approximate surface area is 205 Å². The van der Waals surface area contributed by atoms with Crippen LogP contribution < -0.4 is 16.9 Å². The van der Waals surface area contributed by atoms with Gasteiger partial charge in [0.1, 0.15) is 5.65 Å². The maximum Gasteiger partial charge on any atom is 0.211 e. The number of anilines is 1. The van der Waals surface area contributed by atoms with Crippen molar-refractivity contribution in [2.75, 3.05) is 11.9 Å². The highest BCUT2D eigenvalue weighted by atomic mass is 16.5. The maximum atomic E-state index is 10.5. The van der Waals surface area contributed by atoms with Crippen LogP contribution in [0.3, 0.4) is 0 Å². The molecular formula is C25H35N7O3. The molecule has 1 fully saturated rings. The van der Waals surface area contributed by atoms with Gasteiger partial charge in [0, 0.05) is 29.3 Å². The van der Waals surface area contributed by atoms with Gasteiger partial charge in [0.25, 0.3) is 0 Å². The molecule has 0 aliphatic heterocycles. The van der Waals surface area contributed by atoms with E-state index in [1.165, 1.54) is 5.12 Å². The highest BCUT2D eigenvalue weighted by Gasteiger charge is 2.26. The molecule has 1 aromatic carbocycles. The zero-order valence-corrected chi connectivity index (χ0v) is 20.7. The second kappa shape index (κ2) is 11.3. The van der Waals surface area contributed by atoms with Gasteiger partial charge in [-0.2, -0.15) is 0 Å². The number of amidine groups is 1. The number of pyridine rings is 1. The van der Waals surface area contributed by atoms with Crippen LogP contribution in [0.1, 0.15) is 49.1 Å². The van der Waals surface area contributed by atoms with E-state index < -0.39 is 5.60 Å². The number of hydrazone groups is 1. The summed E-state index contributed by atoms with van der Waals surface area (Å²) in [4.78, 5) is 14.8. The Morgan fingerprint density at radius 2 is 2.09 bits per heavy atom. The van der Waals surface area contributed by atoms with Gasteiger partial charge in [-0.05, 0) is 69.9 Å². The summed E-state index contributed by atoms with van der Waals surface area (Å²) in [6.07, 6.45) is 6.58. The van der Waals surface area contributed by atoms with Crippen LogP contribution in [0.5, 0.6) is 0 Å². The summed E-state index contributed by atoms with van der Waals surface area (Å²) in [6.45, 7) is 8.20. The van der Waals surface area contributed by atoms with Gasteiger partial charge in [-0.3, -0.25) is 4.79 Å². The first-order chi connectivity index (χ1) is 16.6. The lowest BCUT2D eigenvalue weighted by atomic mass is 10.1. The van der Waals surface area contributed by atoms with Crippen LogP contribution in [-0.2, 0) is 16.1 Å². The van der Waals surface area contributed by atoms with Gasteiger partial charge in [0.15, 0.2) is 5.84 Å². The fourth-order valence-electron chi connectivity index (χ4n) is 3.26. The van der Waals surface area contributed by atoms with Crippen molar-refractivity contribution in [3.8, 4) is 0 Å². The Balaban J connectivity index is 0.000000196. The summed E-state index contributed by atoms with van der Waals surface area (Å²) in [5.41, 5.74) is 10.6. The minimum absolute atomic E-state index is 0.307. The summed E-state index contributed by atoms with van der Waals surface area (Å²) in [5.74, 6) is 6.08. The van der Waals surface area contributed by atoms with Crippen LogP contribution in [0.15, 0.2) is 47.8 Å². The molecule has 0 saturated heterocycles. The number of aryl methyl sites for hydroxylation is 2. The quantitative estimate of drug-likeness (QED) is 0.121. The van der Waals surface area contributed by atoms with Crippen molar-refractivity contribution < 1.29 is 14.6 Å². The van der Waals surface area contributed by atoms with E-state index >= 15 is 0 Å². The van der Waals surface area contributed by atoms with Gasteiger partial charge in [0.2, 0.25) is 6.41 Å². The first kappa shape index (κ1) is 26.1. The topological polar surface area (TPSA) is 144 Å². The summed E-state index contributed by atoms with van der Waals surface area (Å²) >= 11 is 0. The number of rotatable bonds is 9. The van der Waals surface area contributed by atoms with E-state index in [9.17, 15) is 9.90 Å². The standard InChI is InChI=1S/C13H18N2O2.C12H17N5O/c1-10-7-14-12-6-11(4-5-15(10)12)8-17-9-13(2,3)16;1-8-2-3-9(6-11(8)15-7-18)12(13)16-17(14)10-4-5-10/h4-7,16H,8-9H2,1-3H3;2-3,6-7,10H,4-5,14H2,1H3,(H2,13,16)(H,15,18). The Bertz CT molecular complexity index is 1180. The van der Waals surface area contributed by atoms with E-state index in [-0.39, 0.29) is 0 Å². The van der Waals surface area contributed by atoms with E-state index in [4.69, 9.17) is 16.3 Å². The number of hydrogen-bond donors (Lipinski definition) is 4. The molecule has 2 heterocycles. The Hall–Kier alpha value is -3.47. The zero-order valence-electron chi connectivity index (χ0n) is 20.7. The number of fused-ring (bicyclic) bond motifs is 1. The van der Waals surface area contributed by atoms with Crippen molar-refractivity contribution in [1.82, 2.24) is 14.5 Å². The lowest BCUT2D eigenvalue weighted by Crippen LogP contribution is -2.31. The number of imidazole rings is 1. The SMILES string of the molecule is Cc1ccc(/C(N)=N/N(N)C2CC2)cc1NC=O.Cc1cnc2cc(COCC(C)(C)O)ccn12. The van der Waals surface area contributed by atoms with Crippen molar-refractivity contribution in [3.63, 3.8) is 0 Å². The molecule has 10 heteroatoms. The third kappa shape index (κ3) is 7.78. The van der Waals surface area contributed by atoms with E-state index in [1.807, 2.05) is 54.9 Å². The fraction of sp³-hybridized carbons (Fsp3) is 0.400. The lowest BCUT2D eigenvalue weighted by Gasteiger charge is -2.16. The van der Waals surface area contributed by atoms with Gasteiger partial charge in [-0.1, -0.05) is 12.1 Å². The fourth-order valence-corrected chi connectivity index (χ4v) is 3.26. The molecule has 0 unspecified atom stereocenters. The van der Waals surface area contributed by atoms with E-state index in [0.29, 0.717) is 31.5 Å². The number of hydrazine groups is 1. The number of carbonyl (C=O) groups excluding carboxylic acids is 1. The number of nitrogens with one attached hydrogen (secondary N) is 1. The van der Waals surface area contributed by atoms with Crippen LogP contribution in [0.4, 0.5) is 5.69 Å². The average molecular weight is 482 g/mol. The van der Waals surface area contributed by atoms with E-state index in [1.54, 1.807) is 19.9 Å². The van der Waals surface area contributed by atoms with Crippen molar-refractivity contribution in [3.05, 3.63) is 65.1 Å². The molecule has 1 aliphatic rings. The summed E-state index contributed by atoms with van der Waals surface area (Å²) in [5, 5.41) is 17.7. The number of aromatic nitrogens is 2. The third-order valence-corrected chi connectivity index (χ3v) is 5.38. The molecule has 4 rings (SSSR count). The number of ether oxygens (including phenoxy) is 1. The second-order valence-electron chi connectivity index (χ2n) is 9.36. The number of nitrogens with two attached hydrogens (primary N) is 2.